The van der Waals surface area contributed by atoms with Crippen LogP contribution in [-0.4, -0.2) is 41.1 Å². The van der Waals surface area contributed by atoms with Gasteiger partial charge in [0.2, 0.25) is 0 Å². The maximum Gasteiger partial charge on any atom is 0.162 e. The van der Waals surface area contributed by atoms with E-state index in [1.54, 1.807) is 6.20 Å². The summed E-state index contributed by atoms with van der Waals surface area (Å²) in [5.41, 5.74) is 2.95. The van der Waals surface area contributed by atoms with Crippen molar-refractivity contribution in [1.82, 2.24) is 20.3 Å². The zero-order valence-electron chi connectivity index (χ0n) is 14.1. The highest BCUT2D eigenvalue weighted by atomic mass is 15.2. The van der Waals surface area contributed by atoms with Crippen molar-refractivity contribution in [3.8, 4) is 22.6 Å². The van der Waals surface area contributed by atoms with Gasteiger partial charge in [-0.1, -0.05) is 30.3 Å². The SMILES string of the molecule is c1ccc(-c2nc(-c3cccnc3)cc(N3CCCNCC3)n2)cc1. The highest BCUT2D eigenvalue weighted by molar-refractivity contribution is 5.67. The number of anilines is 1. The Bertz CT molecular complexity index is 754. The van der Waals surface area contributed by atoms with E-state index in [1.807, 2.05) is 36.5 Å². The Morgan fingerprint density at radius 1 is 0.880 bits per heavy atom. The van der Waals surface area contributed by atoms with Crippen molar-refractivity contribution < 1.29 is 0 Å². The van der Waals surface area contributed by atoms with Crippen LogP contribution >= 0.6 is 0 Å². The number of benzene rings is 1. The summed E-state index contributed by atoms with van der Waals surface area (Å²) >= 11 is 0. The molecule has 1 aromatic carbocycles. The molecule has 0 bridgehead atoms. The molecule has 0 amide bonds. The van der Waals surface area contributed by atoms with E-state index in [1.165, 1.54) is 0 Å². The van der Waals surface area contributed by atoms with Crippen molar-refractivity contribution in [2.45, 2.75) is 6.42 Å². The van der Waals surface area contributed by atoms with E-state index in [0.717, 1.165) is 61.1 Å². The molecule has 0 atom stereocenters. The molecule has 0 spiro atoms. The van der Waals surface area contributed by atoms with Gasteiger partial charge < -0.3 is 10.2 Å². The monoisotopic (exact) mass is 331 g/mol. The Kier molecular flexibility index (Phi) is 4.65. The minimum Gasteiger partial charge on any atom is -0.355 e. The lowest BCUT2D eigenvalue weighted by Gasteiger charge is -2.22. The second-order valence-electron chi connectivity index (χ2n) is 6.13. The number of nitrogens with one attached hydrogen (secondary N) is 1. The van der Waals surface area contributed by atoms with Gasteiger partial charge in [0.25, 0.3) is 0 Å². The molecule has 4 rings (SSSR count). The number of nitrogens with zero attached hydrogens (tertiary/aromatic N) is 4. The predicted octanol–water partition coefficient (Wildman–Crippen LogP) is 3.01. The summed E-state index contributed by atoms with van der Waals surface area (Å²) in [6.07, 6.45) is 4.75. The highest BCUT2D eigenvalue weighted by Crippen LogP contribution is 2.26. The largest absolute Gasteiger partial charge is 0.355 e. The standard InChI is InChI=1S/C20H21N5/c1-2-6-16(7-3-1)20-23-18(17-8-4-9-22-15-17)14-19(24-20)25-12-5-10-21-11-13-25/h1-4,6-9,14-15,21H,5,10-13H2. The Morgan fingerprint density at radius 2 is 1.76 bits per heavy atom. The van der Waals surface area contributed by atoms with Crippen LogP contribution in [0.4, 0.5) is 5.82 Å². The first-order valence-corrected chi connectivity index (χ1v) is 8.71. The quantitative estimate of drug-likeness (QED) is 0.799. The lowest BCUT2D eigenvalue weighted by Crippen LogP contribution is -2.28. The summed E-state index contributed by atoms with van der Waals surface area (Å²) in [6, 6.07) is 16.2. The average Bonchev–Trinajstić information content (AvgIpc) is 2.99. The number of pyridine rings is 1. The van der Waals surface area contributed by atoms with Crippen LogP contribution in [0.15, 0.2) is 60.9 Å². The van der Waals surface area contributed by atoms with E-state index in [-0.39, 0.29) is 0 Å². The molecule has 1 aliphatic heterocycles. The van der Waals surface area contributed by atoms with E-state index in [4.69, 9.17) is 9.97 Å². The van der Waals surface area contributed by atoms with Crippen molar-refractivity contribution in [1.29, 1.82) is 0 Å². The maximum absolute atomic E-state index is 4.86. The molecule has 3 aromatic rings. The number of aromatic nitrogens is 3. The van der Waals surface area contributed by atoms with E-state index < -0.39 is 0 Å². The van der Waals surface area contributed by atoms with Crippen molar-refractivity contribution in [3.05, 3.63) is 60.9 Å². The molecule has 25 heavy (non-hydrogen) atoms. The highest BCUT2D eigenvalue weighted by Gasteiger charge is 2.15. The van der Waals surface area contributed by atoms with Gasteiger partial charge in [0.1, 0.15) is 5.82 Å². The van der Waals surface area contributed by atoms with E-state index in [9.17, 15) is 0 Å². The predicted molar refractivity (Wildman–Crippen MR) is 100 cm³/mol. The van der Waals surface area contributed by atoms with Gasteiger partial charge in [-0.05, 0) is 25.1 Å². The van der Waals surface area contributed by atoms with Crippen LogP contribution in [0.1, 0.15) is 6.42 Å². The summed E-state index contributed by atoms with van der Waals surface area (Å²) in [5.74, 6) is 1.74. The Morgan fingerprint density at radius 3 is 2.60 bits per heavy atom. The maximum atomic E-state index is 4.86. The molecule has 1 aliphatic rings. The van der Waals surface area contributed by atoms with Crippen molar-refractivity contribution >= 4 is 5.82 Å². The fourth-order valence-electron chi connectivity index (χ4n) is 3.05. The van der Waals surface area contributed by atoms with Gasteiger partial charge in [-0.15, -0.1) is 0 Å². The second-order valence-corrected chi connectivity index (χ2v) is 6.13. The molecule has 0 unspecified atom stereocenters. The molecule has 5 heteroatoms. The van der Waals surface area contributed by atoms with Crippen molar-refractivity contribution in [2.24, 2.45) is 0 Å². The molecule has 126 valence electrons. The Hall–Kier alpha value is -2.79. The van der Waals surface area contributed by atoms with Crippen LogP contribution in [0, 0.1) is 0 Å². The fraction of sp³-hybridized carbons (Fsp3) is 0.250. The smallest absolute Gasteiger partial charge is 0.162 e. The van der Waals surface area contributed by atoms with E-state index in [0.29, 0.717) is 0 Å². The second kappa shape index (κ2) is 7.40. The Labute approximate surface area is 147 Å². The van der Waals surface area contributed by atoms with Gasteiger partial charge in [0, 0.05) is 49.2 Å². The summed E-state index contributed by atoms with van der Waals surface area (Å²) in [4.78, 5) is 16.2. The average molecular weight is 331 g/mol. The molecule has 0 aliphatic carbocycles. The molecule has 0 saturated carbocycles. The normalized spacial score (nSPS) is 15.0. The minimum atomic E-state index is 0.758. The lowest BCUT2D eigenvalue weighted by molar-refractivity contribution is 0.724. The summed E-state index contributed by atoms with van der Waals surface area (Å²) in [5, 5.41) is 3.44. The molecule has 1 fully saturated rings. The molecule has 0 radical (unpaired) electrons. The van der Waals surface area contributed by atoms with Crippen LogP contribution in [-0.2, 0) is 0 Å². The Balaban J connectivity index is 1.80. The third-order valence-electron chi connectivity index (χ3n) is 4.37. The molecular formula is C20H21N5. The minimum absolute atomic E-state index is 0.758. The van der Waals surface area contributed by atoms with Crippen molar-refractivity contribution in [3.63, 3.8) is 0 Å². The van der Waals surface area contributed by atoms with Gasteiger partial charge in [-0.2, -0.15) is 0 Å². The molecule has 5 nitrogen and oxygen atoms in total. The zero-order valence-corrected chi connectivity index (χ0v) is 14.1. The molecule has 1 N–H and O–H groups in total. The third kappa shape index (κ3) is 3.67. The van der Waals surface area contributed by atoms with Gasteiger partial charge in [-0.3, -0.25) is 4.98 Å². The van der Waals surface area contributed by atoms with Crippen molar-refractivity contribution in [2.75, 3.05) is 31.1 Å². The number of hydrogen-bond acceptors (Lipinski definition) is 5. The number of rotatable bonds is 3. The van der Waals surface area contributed by atoms with Crippen LogP contribution in [0.3, 0.4) is 0 Å². The first-order valence-electron chi connectivity index (χ1n) is 8.71. The summed E-state index contributed by atoms with van der Waals surface area (Å²) in [7, 11) is 0. The van der Waals surface area contributed by atoms with Crippen LogP contribution in [0.25, 0.3) is 22.6 Å². The lowest BCUT2D eigenvalue weighted by atomic mass is 10.1. The van der Waals surface area contributed by atoms with Gasteiger partial charge >= 0.3 is 0 Å². The molecule has 1 saturated heterocycles. The van der Waals surface area contributed by atoms with Gasteiger partial charge in [0.05, 0.1) is 5.69 Å². The third-order valence-corrected chi connectivity index (χ3v) is 4.37. The van der Waals surface area contributed by atoms with E-state index >= 15 is 0 Å². The zero-order chi connectivity index (χ0) is 16.9. The van der Waals surface area contributed by atoms with Crippen LogP contribution in [0.2, 0.25) is 0 Å². The van der Waals surface area contributed by atoms with Gasteiger partial charge in [0.15, 0.2) is 5.82 Å². The summed E-state index contributed by atoms with van der Waals surface area (Å²) in [6.45, 7) is 4.00. The molecular weight excluding hydrogens is 310 g/mol. The van der Waals surface area contributed by atoms with Gasteiger partial charge in [-0.25, -0.2) is 9.97 Å². The fourth-order valence-corrected chi connectivity index (χ4v) is 3.05. The van der Waals surface area contributed by atoms with E-state index in [2.05, 4.69) is 33.4 Å². The summed E-state index contributed by atoms with van der Waals surface area (Å²) < 4.78 is 0. The van der Waals surface area contributed by atoms with Crippen LogP contribution in [0.5, 0.6) is 0 Å². The molecule has 3 heterocycles. The first kappa shape index (κ1) is 15.7. The topological polar surface area (TPSA) is 53.9 Å². The van der Waals surface area contributed by atoms with Crippen LogP contribution < -0.4 is 10.2 Å². The molecule has 2 aromatic heterocycles. The number of hydrogen-bond donors (Lipinski definition) is 1. The first-order chi connectivity index (χ1) is 12.4.